The van der Waals surface area contributed by atoms with Crippen molar-refractivity contribution in [1.29, 1.82) is 0 Å². The third-order valence-electron chi connectivity index (χ3n) is 4.79. The van der Waals surface area contributed by atoms with Crippen molar-refractivity contribution in [2.75, 3.05) is 17.2 Å². The molecule has 2 aromatic carbocycles. The molecule has 0 saturated carbocycles. The Hall–Kier alpha value is -3.13. The molecule has 30 heavy (non-hydrogen) atoms. The summed E-state index contributed by atoms with van der Waals surface area (Å²) >= 11 is 1.30. The fourth-order valence-electron chi connectivity index (χ4n) is 3.02. The monoisotopic (exact) mass is 426 g/mol. The molecule has 3 aromatic rings. The molecule has 0 aliphatic carbocycles. The fourth-order valence-corrected chi connectivity index (χ4v) is 3.86. The number of rotatable bonds is 8. The van der Waals surface area contributed by atoms with E-state index in [1.807, 2.05) is 42.8 Å². The van der Waals surface area contributed by atoms with Crippen LogP contribution in [0.5, 0.6) is 0 Å². The van der Waals surface area contributed by atoms with Crippen molar-refractivity contribution in [3.8, 4) is 5.69 Å². The minimum Gasteiger partial charge on any atom is -0.370 e. The summed E-state index contributed by atoms with van der Waals surface area (Å²) in [6.07, 6.45) is 3.57. The smallest absolute Gasteiger partial charge is 0.237 e. The minimum absolute atomic E-state index is 0.0187. The molecule has 0 spiro atoms. The quantitative estimate of drug-likeness (QED) is 0.558. The third kappa shape index (κ3) is 5.07. The van der Waals surface area contributed by atoms with E-state index in [1.165, 1.54) is 46.5 Å². The number of anilines is 1. The average Bonchev–Trinajstić information content (AvgIpc) is 3.18. The van der Waals surface area contributed by atoms with Gasteiger partial charge in [-0.25, -0.2) is 9.37 Å². The summed E-state index contributed by atoms with van der Waals surface area (Å²) in [6.45, 7) is 4.22. The molecule has 8 heteroatoms. The number of nitrogens with two attached hydrogens (primary N) is 1. The van der Waals surface area contributed by atoms with Gasteiger partial charge in [0.05, 0.1) is 11.4 Å². The number of carbonyl (C=O) groups is 2. The molecule has 0 unspecified atom stereocenters. The van der Waals surface area contributed by atoms with E-state index < -0.39 is 11.7 Å². The van der Waals surface area contributed by atoms with Gasteiger partial charge in [-0.05, 0) is 55.3 Å². The minimum atomic E-state index is -0.506. The predicted molar refractivity (Wildman–Crippen MR) is 116 cm³/mol. The molecule has 0 bridgehead atoms. The summed E-state index contributed by atoms with van der Waals surface area (Å²) in [5, 5.41) is 0.686. The van der Waals surface area contributed by atoms with Gasteiger partial charge < -0.3 is 10.6 Å². The number of thioether (sulfide) groups is 1. The lowest BCUT2D eigenvalue weighted by Gasteiger charge is -2.22. The number of benzene rings is 2. The molecule has 0 atom stereocenters. The fraction of sp³-hybridized carbons (Fsp3) is 0.227. The van der Waals surface area contributed by atoms with Crippen molar-refractivity contribution in [1.82, 2.24) is 9.55 Å². The number of aryl methyl sites for hydroxylation is 1. The Labute approximate surface area is 178 Å². The Morgan fingerprint density at radius 2 is 1.90 bits per heavy atom. The summed E-state index contributed by atoms with van der Waals surface area (Å²) in [5.41, 5.74) is 9.08. The van der Waals surface area contributed by atoms with Crippen LogP contribution in [0.1, 0.15) is 17.5 Å². The van der Waals surface area contributed by atoms with Crippen LogP contribution < -0.4 is 10.6 Å². The van der Waals surface area contributed by atoms with Gasteiger partial charge in [-0.3, -0.25) is 14.2 Å². The Morgan fingerprint density at radius 1 is 1.17 bits per heavy atom. The van der Waals surface area contributed by atoms with Crippen LogP contribution >= 0.6 is 11.8 Å². The standard InChI is InChI=1S/C22H23FN4O2S/c1-15-4-3-5-19(16(15)2)27-13-11-25-22(27)30-14-21(29)26(12-10-20(24)28)18-8-6-17(23)7-9-18/h3-9,11,13H,10,12,14H2,1-2H3,(H2,24,28). The van der Waals surface area contributed by atoms with Crippen LogP contribution in [-0.2, 0) is 9.59 Å². The van der Waals surface area contributed by atoms with Gasteiger partial charge in [0.1, 0.15) is 5.82 Å². The molecule has 0 aliphatic rings. The van der Waals surface area contributed by atoms with Crippen LogP contribution in [-0.4, -0.2) is 33.7 Å². The van der Waals surface area contributed by atoms with Crippen LogP contribution in [0.4, 0.5) is 10.1 Å². The maximum Gasteiger partial charge on any atom is 0.237 e. The van der Waals surface area contributed by atoms with E-state index in [9.17, 15) is 14.0 Å². The highest BCUT2D eigenvalue weighted by molar-refractivity contribution is 7.99. The Morgan fingerprint density at radius 3 is 2.60 bits per heavy atom. The van der Waals surface area contributed by atoms with Gasteiger partial charge in [-0.15, -0.1) is 0 Å². The summed E-state index contributed by atoms with van der Waals surface area (Å²) in [7, 11) is 0. The summed E-state index contributed by atoms with van der Waals surface area (Å²) < 4.78 is 15.2. The molecule has 156 valence electrons. The lowest BCUT2D eigenvalue weighted by atomic mass is 10.1. The molecule has 0 radical (unpaired) electrons. The summed E-state index contributed by atoms with van der Waals surface area (Å²) in [6, 6.07) is 11.6. The van der Waals surface area contributed by atoms with Gasteiger partial charge in [-0.2, -0.15) is 0 Å². The van der Waals surface area contributed by atoms with Crippen molar-refractivity contribution in [3.63, 3.8) is 0 Å². The molecule has 3 rings (SSSR count). The largest absolute Gasteiger partial charge is 0.370 e. The molecular formula is C22H23FN4O2S. The summed E-state index contributed by atoms with van der Waals surface area (Å²) in [4.78, 5) is 30.0. The van der Waals surface area contributed by atoms with Crippen molar-refractivity contribution in [2.24, 2.45) is 5.73 Å². The van der Waals surface area contributed by atoms with E-state index >= 15 is 0 Å². The van der Waals surface area contributed by atoms with Crippen LogP contribution in [0.2, 0.25) is 0 Å². The first-order chi connectivity index (χ1) is 14.4. The zero-order valence-electron chi connectivity index (χ0n) is 16.8. The Bertz CT molecular complexity index is 1050. The predicted octanol–water partition coefficient (Wildman–Crippen LogP) is 3.63. The average molecular weight is 427 g/mol. The molecule has 1 aromatic heterocycles. The first-order valence-corrected chi connectivity index (χ1v) is 10.4. The maximum absolute atomic E-state index is 13.3. The number of aromatic nitrogens is 2. The number of hydrogen-bond acceptors (Lipinski definition) is 4. The second-order valence-electron chi connectivity index (χ2n) is 6.83. The topological polar surface area (TPSA) is 81.2 Å². The van der Waals surface area contributed by atoms with Crippen LogP contribution in [0.3, 0.4) is 0 Å². The molecule has 2 amide bonds. The number of carbonyl (C=O) groups excluding carboxylic acids is 2. The number of amides is 2. The van der Waals surface area contributed by atoms with Crippen molar-refractivity contribution >= 4 is 29.3 Å². The zero-order chi connectivity index (χ0) is 21.7. The zero-order valence-corrected chi connectivity index (χ0v) is 17.7. The van der Waals surface area contributed by atoms with Crippen molar-refractivity contribution in [3.05, 3.63) is 71.8 Å². The van der Waals surface area contributed by atoms with E-state index in [-0.39, 0.29) is 24.6 Å². The lowest BCUT2D eigenvalue weighted by Crippen LogP contribution is -2.35. The number of nitrogens with zero attached hydrogens (tertiary/aromatic N) is 3. The number of halogens is 1. The highest BCUT2D eigenvalue weighted by Gasteiger charge is 2.19. The van der Waals surface area contributed by atoms with Crippen molar-refractivity contribution in [2.45, 2.75) is 25.4 Å². The molecule has 2 N–H and O–H groups in total. The molecule has 0 aliphatic heterocycles. The van der Waals surface area contributed by atoms with E-state index in [2.05, 4.69) is 4.98 Å². The van der Waals surface area contributed by atoms with E-state index in [0.717, 1.165) is 11.3 Å². The first kappa shape index (κ1) is 21.6. The van der Waals surface area contributed by atoms with Crippen LogP contribution in [0.25, 0.3) is 5.69 Å². The molecule has 1 heterocycles. The first-order valence-electron chi connectivity index (χ1n) is 9.44. The van der Waals surface area contributed by atoms with E-state index in [4.69, 9.17) is 5.73 Å². The van der Waals surface area contributed by atoms with Crippen LogP contribution in [0.15, 0.2) is 60.0 Å². The van der Waals surface area contributed by atoms with Gasteiger partial charge in [-0.1, -0.05) is 23.9 Å². The lowest BCUT2D eigenvalue weighted by molar-refractivity contribution is -0.118. The van der Waals surface area contributed by atoms with Crippen molar-refractivity contribution < 1.29 is 14.0 Å². The number of imidazole rings is 1. The third-order valence-corrected chi connectivity index (χ3v) is 5.74. The van der Waals surface area contributed by atoms with Gasteiger partial charge in [0, 0.05) is 31.0 Å². The Kier molecular flexibility index (Phi) is 6.89. The maximum atomic E-state index is 13.3. The number of primary amides is 1. The second-order valence-corrected chi connectivity index (χ2v) is 7.77. The second kappa shape index (κ2) is 9.58. The highest BCUT2D eigenvalue weighted by atomic mass is 32.2. The Balaban J connectivity index is 1.77. The molecular weight excluding hydrogens is 403 g/mol. The number of hydrogen-bond donors (Lipinski definition) is 1. The SMILES string of the molecule is Cc1cccc(-n2ccnc2SCC(=O)N(CCC(N)=O)c2ccc(F)cc2)c1C. The van der Waals surface area contributed by atoms with Gasteiger partial charge >= 0.3 is 0 Å². The van der Waals surface area contributed by atoms with Gasteiger partial charge in [0.15, 0.2) is 5.16 Å². The van der Waals surface area contributed by atoms with E-state index in [1.54, 1.807) is 6.20 Å². The van der Waals surface area contributed by atoms with Gasteiger partial charge in [0.2, 0.25) is 11.8 Å². The summed E-state index contributed by atoms with van der Waals surface area (Å²) in [5.74, 6) is -1.01. The van der Waals surface area contributed by atoms with Gasteiger partial charge in [0.25, 0.3) is 0 Å². The molecule has 0 saturated heterocycles. The molecule has 6 nitrogen and oxygen atoms in total. The normalized spacial score (nSPS) is 10.8. The highest BCUT2D eigenvalue weighted by Crippen LogP contribution is 2.25. The molecule has 0 fully saturated rings. The van der Waals surface area contributed by atoms with E-state index in [0.29, 0.717) is 10.8 Å². The van der Waals surface area contributed by atoms with Crippen LogP contribution in [0, 0.1) is 19.7 Å².